The van der Waals surface area contributed by atoms with Gasteiger partial charge in [-0.05, 0) is 22.3 Å². The number of fused-ring (bicyclic) bond motifs is 2. The summed E-state index contributed by atoms with van der Waals surface area (Å²) in [6.45, 7) is 10.4. The van der Waals surface area contributed by atoms with Crippen LogP contribution in [0.1, 0.15) is 33.3 Å². The molecule has 0 saturated heterocycles. The van der Waals surface area contributed by atoms with E-state index in [2.05, 4.69) is 61.6 Å². The van der Waals surface area contributed by atoms with Gasteiger partial charge in [0, 0.05) is 18.3 Å². The van der Waals surface area contributed by atoms with Crippen molar-refractivity contribution < 1.29 is 4.79 Å². The Morgan fingerprint density at radius 1 is 1.03 bits per heavy atom. The maximum absolute atomic E-state index is 12.6. The summed E-state index contributed by atoms with van der Waals surface area (Å²) in [6.07, 6.45) is 2.15. The summed E-state index contributed by atoms with van der Waals surface area (Å²) in [7, 11) is 0. The third-order valence-electron chi connectivity index (χ3n) is 5.37. The third kappa shape index (κ3) is 5.86. The first-order chi connectivity index (χ1) is 16.4. The predicted molar refractivity (Wildman–Crippen MR) is 140 cm³/mol. The molecule has 0 saturated carbocycles. The van der Waals surface area contributed by atoms with Gasteiger partial charge in [-0.1, -0.05) is 81.9 Å². The lowest BCUT2D eigenvalue weighted by atomic mass is 10.0. The van der Waals surface area contributed by atoms with Crippen LogP contribution in [0.15, 0.2) is 53.8 Å². The monoisotopic (exact) mass is 476 g/mol. The molecule has 8 heteroatoms. The molecule has 2 aromatic heterocycles. The van der Waals surface area contributed by atoms with Gasteiger partial charge in [0.25, 0.3) is 0 Å². The average Bonchev–Trinajstić information content (AvgIpc) is 3.20. The lowest BCUT2D eigenvalue weighted by molar-refractivity contribution is -0.120. The van der Waals surface area contributed by atoms with Gasteiger partial charge >= 0.3 is 0 Å². The molecule has 2 aromatic carbocycles. The van der Waals surface area contributed by atoms with E-state index in [1.54, 1.807) is 18.0 Å². The van der Waals surface area contributed by atoms with Crippen LogP contribution in [-0.4, -0.2) is 44.0 Å². The van der Waals surface area contributed by atoms with Gasteiger partial charge in [0.15, 0.2) is 10.8 Å². The van der Waals surface area contributed by atoms with E-state index in [4.69, 9.17) is 9.97 Å². The lowest BCUT2D eigenvalue weighted by Gasteiger charge is -2.12. The second-order valence-electron chi connectivity index (χ2n) is 9.07. The quantitative estimate of drug-likeness (QED) is 0.250. The van der Waals surface area contributed by atoms with Crippen LogP contribution in [0, 0.1) is 5.92 Å². The van der Waals surface area contributed by atoms with Gasteiger partial charge in [-0.15, -0.1) is 0 Å². The van der Waals surface area contributed by atoms with Crippen LogP contribution in [0.2, 0.25) is 0 Å². The van der Waals surface area contributed by atoms with Gasteiger partial charge in [-0.25, -0.2) is 14.6 Å². The topological polar surface area (TPSA) is 84.7 Å². The molecule has 4 rings (SSSR count). The molecular weight excluding hydrogens is 444 g/mol. The summed E-state index contributed by atoms with van der Waals surface area (Å²) >= 11 is 1.63. The molecule has 0 bridgehead atoms. The van der Waals surface area contributed by atoms with Gasteiger partial charge in [0.05, 0.1) is 24.5 Å². The van der Waals surface area contributed by atoms with Crippen LogP contribution in [0.25, 0.3) is 21.8 Å². The normalized spacial score (nSPS) is 11.6. The van der Waals surface area contributed by atoms with E-state index in [1.165, 1.54) is 0 Å². The first-order valence-corrected chi connectivity index (χ1v) is 12.7. The molecule has 0 aliphatic carbocycles. The highest BCUT2D eigenvalue weighted by atomic mass is 32.2. The van der Waals surface area contributed by atoms with Crippen molar-refractivity contribution in [2.45, 2.75) is 51.1 Å². The number of thioether (sulfide) groups is 1. The number of carbonyl (C=O) groups is 1. The number of anilines is 1. The summed E-state index contributed by atoms with van der Waals surface area (Å²) in [4.78, 5) is 22.1. The molecule has 0 aliphatic heterocycles. The number of amides is 1. The number of benzene rings is 2. The Labute approximate surface area is 204 Å². The summed E-state index contributed by atoms with van der Waals surface area (Å²) in [5.74, 6) is 1.31. The van der Waals surface area contributed by atoms with E-state index in [1.807, 2.05) is 28.9 Å². The van der Waals surface area contributed by atoms with Crippen molar-refractivity contribution in [3.05, 3.63) is 54.2 Å². The average molecular weight is 477 g/mol. The number of aromatic nitrogens is 4. The standard InChI is InChI=1S/C26H32N6OS/c1-17(2)15-28-24-22-16-29-32(25(22)31-26(30-24)34-18(3)4)13-12-27-23(33)14-20-10-7-9-19-8-5-6-11-21(19)20/h5-11,16-18H,12-15H2,1-4H3,(H,27,33)(H,28,30,31). The van der Waals surface area contributed by atoms with Crippen molar-refractivity contribution in [3.63, 3.8) is 0 Å². The number of nitrogens with zero attached hydrogens (tertiary/aromatic N) is 4. The van der Waals surface area contributed by atoms with Gasteiger partial charge in [-0.2, -0.15) is 5.10 Å². The minimum absolute atomic E-state index is 0.00205. The molecule has 0 aliphatic rings. The van der Waals surface area contributed by atoms with Crippen LogP contribution in [0.3, 0.4) is 0 Å². The highest BCUT2D eigenvalue weighted by molar-refractivity contribution is 7.99. The molecule has 1 amide bonds. The number of rotatable bonds is 10. The van der Waals surface area contributed by atoms with Crippen molar-refractivity contribution in [2.75, 3.05) is 18.4 Å². The number of hydrogen-bond donors (Lipinski definition) is 2. The first-order valence-electron chi connectivity index (χ1n) is 11.8. The molecule has 0 radical (unpaired) electrons. The zero-order chi connectivity index (χ0) is 24.1. The maximum atomic E-state index is 12.6. The fourth-order valence-electron chi connectivity index (χ4n) is 3.78. The zero-order valence-corrected chi connectivity index (χ0v) is 21.0. The van der Waals surface area contributed by atoms with Crippen molar-refractivity contribution in [3.8, 4) is 0 Å². The molecule has 2 N–H and O–H groups in total. The summed E-state index contributed by atoms with van der Waals surface area (Å²) in [6, 6.07) is 14.2. The number of nitrogens with one attached hydrogen (secondary N) is 2. The highest BCUT2D eigenvalue weighted by Crippen LogP contribution is 2.26. The second-order valence-corrected chi connectivity index (χ2v) is 10.6. The van der Waals surface area contributed by atoms with Crippen LogP contribution in [0.5, 0.6) is 0 Å². The van der Waals surface area contributed by atoms with Gasteiger partial charge in [-0.3, -0.25) is 4.79 Å². The largest absolute Gasteiger partial charge is 0.369 e. The van der Waals surface area contributed by atoms with Gasteiger partial charge in [0.1, 0.15) is 5.82 Å². The number of carbonyl (C=O) groups excluding carboxylic acids is 1. The highest BCUT2D eigenvalue weighted by Gasteiger charge is 2.15. The Kier molecular flexibility index (Phi) is 7.67. The number of hydrogen-bond acceptors (Lipinski definition) is 6. The van der Waals surface area contributed by atoms with E-state index in [0.29, 0.717) is 30.7 Å². The zero-order valence-electron chi connectivity index (χ0n) is 20.2. The molecule has 0 unspecified atom stereocenters. The van der Waals surface area contributed by atoms with Crippen LogP contribution in [-0.2, 0) is 17.8 Å². The Morgan fingerprint density at radius 3 is 2.62 bits per heavy atom. The Morgan fingerprint density at radius 2 is 1.82 bits per heavy atom. The fraction of sp³-hybridized carbons (Fsp3) is 0.385. The summed E-state index contributed by atoms with van der Waals surface area (Å²) in [5.41, 5.74) is 1.82. The van der Waals surface area contributed by atoms with Crippen LogP contribution < -0.4 is 10.6 Å². The Hall–Kier alpha value is -3.13. The molecule has 0 fully saturated rings. The SMILES string of the molecule is CC(C)CNc1nc(SC(C)C)nc2c1cnn2CCNC(=O)Cc1cccc2ccccc12. The fourth-order valence-corrected chi connectivity index (χ4v) is 4.49. The molecule has 2 heterocycles. The van der Waals surface area contributed by atoms with Crippen LogP contribution in [0.4, 0.5) is 5.82 Å². The van der Waals surface area contributed by atoms with E-state index >= 15 is 0 Å². The predicted octanol–water partition coefficient (Wildman–Crippen LogP) is 4.91. The molecule has 4 aromatic rings. The molecule has 7 nitrogen and oxygen atoms in total. The van der Waals surface area contributed by atoms with E-state index in [9.17, 15) is 4.79 Å². The Balaban J connectivity index is 1.45. The minimum atomic E-state index is -0.00205. The van der Waals surface area contributed by atoms with Gasteiger partial charge < -0.3 is 10.6 Å². The van der Waals surface area contributed by atoms with Crippen LogP contribution >= 0.6 is 11.8 Å². The van der Waals surface area contributed by atoms with Crippen molar-refractivity contribution in [1.29, 1.82) is 0 Å². The smallest absolute Gasteiger partial charge is 0.224 e. The Bertz CT molecular complexity index is 1280. The van der Waals surface area contributed by atoms with E-state index < -0.39 is 0 Å². The molecule has 178 valence electrons. The maximum Gasteiger partial charge on any atom is 0.224 e. The molecule has 34 heavy (non-hydrogen) atoms. The van der Waals surface area contributed by atoms with Gasteiger partial charge in [0.2, 0.25) is 5.91 Å². The molecular formula is C26H32N6OS. The van der Waals surface area contributed by atoms with Crippen molar-refractivity contribution in [1.82, 2.24) is 25.1 Å². The third-order valence-corrected chi connectivity index (χ3v) is 6.24. The second kappa shape index (κ2) is 10.9. The van der Waals surface area contributed by atoms with Crippen molar-refractivity contribution in [2.24, 2.45) is 5.92 Å². The first kappa shape index (κ1) is 24.0. The van der Waals surface area contributed by atoms with Crippen molar-refractivity contribution >= 4 is 45.3 Å². The van der Waals surface area contributed by atoms with E-state index in [-0.39, 0.29) is 5.91 Å². The lowest BCUT2D eigenvalue weighted by Crippen LogP contribution is -2.29. The summed E-state index contributed by atoms with van der Waals surface area (Å²) < 4.78 is 1.85. The van der Waals surface area contributed by atoms with E-state index in [0.717, 1.165) is 44.9 Å². The summed E-state index contributed by atoms with van der Waals surface area (Å²) in [5, 5.41) is 15.3. The molecule has 0 spiro atoms. The molecule has 0 atom stereocenters. The minimum Gasteiger partial charge on any atom is -0.369 e.